The van der Waals surface area contributed by atoms with Crippen molar-refractivity contribution < 1.29 is 29.0 Å². The lowest BCUT2D eigenvalue weighted by Crippen LogP contribution is -2.12. The van der Waals surface area contributed by atoms with E-state index in [2.05, 4.69) is 0 Å². The summed E-state index contributed by atoms with van der Waals surface area (Å²) in [6.45, 7) is 0.215. The molecule has 1 amide bonds. The van der Waals surface area contributed by atoms with Gasteiger partial charge in [0.25, 0.3) is 0 Å². The Morgan fingerprint density at radius 3 is 2.29 bits per heavy atom. The summed E-state index contributed by atoms with van der Waals surface area (Å²) in [7, 11) is 0. The van der Waals surface area contributed by atoms with Gasteiger partial charge >= 0.3 is 0 Å². The van der Waals surface area contributed by atoms with Crippen LogP contribution in [0.25, 0.3) is 11.0 Å². The molecule has 0 aliphatic heterocycles. The molecule has 34 heavy (non-hydrogen) atoms. The Kier molecular flexibility index (Phi) is 6.01. The minimum Gasteiger partial charge on any atom is -0.504 e. The van der Waals surface area contributed by atoms with E-state index in [0.29, 0.717) is 5.39 Å². The van der Waals surface area contributed by atoms with Crippen LogP contribution in [0.2, 0.25) is 0 Å². The van der Waals surface area contributed by atoms with Gasteiger partial charge in [0.1, 0.15) is 18.0 Å². The van der Waals surface area contributed by atoms with Gasteiger partial charge in [-0.1, -0.05) is 30.3 Å². The zero-order chi connectivity index (χ0) is 24.4. The third kappa shape index (κ3) is 4.44. The second-order valence-corrected chi connectivity index (χ2v) is 7.79. The van der Waals surface area contributed by atoms with E-state index in [9.17, 15) is 19.8 Å². The fourth-order valence-corrected chi connectivity index (χ4v) is 3.63. The minimum absolute atomic E-state index is 0.0523. The fourth-order valence-electron chi connectivity index (χ4n) is 3.63. The van der Waals surface area contributed by atoms with Gasteiger partial charge in [-0.05, 0) is 23.8 Å². The lowest BCUT2D eigenvalue weighted by atomic mass is 9.97. The van der Waals surface area contributed by atoms with Crippen LogP contribution in [-0.2, 0) is 17.8 Å². The molecule has 1 aromatic heterocycles. The second-order valence-electron chi connectivity index (χ2n) is 7.79. The number of carbonyl (C=O) groups is 2. The highest BCUT2D eigenvalue weighted by Gasteiger charge is 2.25. The van der Waals surface area contributed by atoms with Gasteiger partial charge in [-0.2, -0.15) is 0 Å². The summed E-state index contributed by atoms with van der Waals surface area (Å²) in [5.74, 6) is -1.20. The normalized spacial score (nSPS) is 10.9. The highest BCUT2D eigenvalue weighted by molar-refractivity contribution is 6.18. The molecule has 9 heteroatoms. The summed E-state index contributed by atoms with van der Waals surface area (Å²) >= 11 is 0. The molecule has 4 rings (SSSR count). The summed E-state index contributed by atoms with van der Waals surface area (Å²) < 4.78 is 11.6. The molecular weight excluding hydrogens is 438 g/mol. The van der Waals surface area contributed by atoms with E-state index < -0.39 is 11.7 Å². The quantitative estimate of drug-likeness (QED) is 0.151. The summed E-state index contributed by atoms with van der Waals surface area (Å²) in [5, 5.41) is 20.7. The van der Waals surface area contributed by atoms with Crippen LogP contribution < -0.4 is 21.9 Å². The molecule has 174 valence electrons. The van der Waals surface area contributed by atoms with Crippen LogP contribution >= 0.6 is 0 Å². The zero-order valence-electron chi connectivity index (χ0n) is 18.1. The van der Waals surface area contributed by atoms with Crippen LogP contribution in [0.15, 0.2) is 59.0 Å². The van der Waals surface area contributed by atoms with Gasteiger partial charge in [0, 0.05) is 29.9 Å². The number of aryl methyl sites for hydroxylation is 1. The minimum atomic E-state index is -0.563. The molecule has 0 radical (unpaired) electrons. The summed E-state index contributed by atoms with van der Waals surface area (Å²) in [4.78, 5) is 24.8. The number of hydrogen-bond donors (Lipinski definition) is 5. The number of ketones is 1. The van der Waals surface area contributed by atoms with Crippen molar-refractivity contribution >= 4 is 34.0 Å². The molecule has 0 unspecified atom stereocenters. The molecule has 0 saturated heterocycles. The van der Waals surface area contributed by atoms with E-state index in [1.165, 1.54) is 24.3 Å². The van der Waals surface area contributed by atoms with Gasteiger partial charge in [-0.3, -0.25) is 9.59 Å². The van der Waals surface area contributed by atoms with Crippen molar-refractivity contribution in [2.75, 3.05) is 11.5 Å². The van der Waals surface area contributed by atoms with E-state index in [-0.39, 0.29) is 70.5 Å². The average Bonchev–Trinajstić information content (AvgIpc) is 3.16. The molecule has 8 N–H and O–H groups in total. The number of fused-ring (bicyclic) bond motifs is 1. The van der Waals surface area contributed by atoms with E-state index in [0.717, 1.165) is 5.56 Å². The molecule has 1 heterocycles. The summed E-state index contributed by atoms with van der Waals surface area (Å²) in [6.07, 6.45) is 0.0123. The fraction of sp³-hybridized carbons (Fsp3) is 0.120. The highest BCUT2D eigenvalue weighted by atomic mass is 16.5. The van der Waals surface area contributed by atoms with Crippen molar-refractivity contribution in [3.05, 3.63) is 77.0 Å². The van der Waals surface area contributed by atoms with Gasteiger partial charge in [-0.15, -0.1) is 0 Å². The second kappa shape index (κ2) is 9.07. The predicted molar refractivity (Wildman–Crippen MR) is 127 cm³/mol. The van der Waals surface area contributed by atoms with E-state index in [1.54, 1.807) is 0 Å². The number of aromatic hydroxyl groups is 2. The topological polar surface area (TPSA) is 175 Å². The van der Waals surface area contributed by atoms with Crippen molar-refractivity contribution in [1.82, 2.24) is 0 Å². The number of phenolic OH excluding ortho intramolecular Hbond substituents is 2. The Labute approximate surface area is 194 Å². The molecule has 0 atom stereocenters. The Balaban J connectivity index is 1.77. The molecule has 9 nitrogen and oxygen atoms in total. The molecule has 4 aromatic rings. The molecule has 0 bridgehead atoms. The number of nitrogens with two attached hydrogens (primary N) is 3. The molecule has 3 aromatic carbocycles. The first-order valence-corrected chi connectivity index (χ1v) is 10.4. The van der Waals surface area contributed by atoms with Gasteiger partial charge in [0.05, 0.1) is 16.9 Å². The lowest BCUT2D eigenvalue weighted by molar-refractivity contribution is -0.118. The average molecular weight is 461 g/mol. The SMILES string of the molecule is NC(=O)CCc1oc2cc(OCc3ccccc3)c(O)cc2c1C(=O)c1cc(N)c(O)c(N)c1. The van der Waals surface area contributed by atoms with Crippen molar-refractivity contribution in [2.45, 2.75) is 19.4 Å². The third-order valence-electron chi connectivity index (χ3n) is 5.34. The number of furan rings is 1. The van der Waals surface area contributed by atoms with Gasteiger partial charge < -0.3 is 36.6 Å². The summed E-state index contributed by atoms with van der Waals surface area (Å²) in [5.41, 5.74) is 18.1. The van der Waals surface area contributed by atoms with Gasteiger partial charge in [0.15, 0.2) is 23.0 Å². The Hall–Kier alpha value is -4.66. The molecule has 0 spiro atoms. The predicted octanol–water partition coefficient (Wildman–Crippen LogP) is 3.24. The van der Waals surface area contributed by atoms with Crippen LogP contribution in [0, 0.1) is 0 Å². The van der Waals surface area contributed by atoms with E-state index in [4.69, 9.17) is 26.4 Å². The molecule has 0 aliphatic rings. The molecular formula is C25H23N3O6. The maximum absolute atomic E-state index is 13.4. The number of rotatable bonds is 8. The standard InChI is InChI=1S/C25H23N3O6/c26-16-8-14(9-17(27)25(16)32)24(31)23-15-10-18(29)21(33-12-13-4-2-1-3-5-13)11-20(15)34-19(23)6-7-22(28)30/h1-5,8-11,29,32H,6-7,12,26-27H2,(H2,28,30). The monoisotopic (exact) mass is 461 g/mol. The number of carbonyl (C=O) groups excluding carboxylic acids is 2. The number of phenols is 2. The van der Waals surface area contributed by atoms with E-state index in [1.807, 2.05) is 30.3 Å². The molecule has 0 saturated carbocycles. The Bertz CT molecular complexity index is 1370. The number of amides is 1. The first kappa shape index (κ1) is 22.5. The third-order valence-corrected chi connectivity index (χ3v) is 5.34. The van der Waals surface area contributed by atoms with Crippen molar-refractivity contribution in [3.8, 4) is 17.2 Å². The van der Waals surface area contributed by atoms with E-state index >= 15 is 0 Å². The largest absolute Gasteiger partial charge is 0.504 e. The van der Waals surface area contributed by atoms with Crippen molar-refractivity contribution in [2.24, 2.45) is 5.73 Å². The zero-order valence-corrected chi connectivity index (χ0v) is 18.1. The lowest BCUT2D eigenvalue weighted by Gasteiger charge is -2.09. The molecule has 0 fully saturated rings. The first-order chi connectivity index (χ1) is 16.2. The number of hydrogen-bond acceptors (Lipinski definition) is 8. The van der Waals surface area contributed by atoms with Crippen LogP contribution in [0.4, 0.5) is 11.4 Å². The van der Waals surface area contributed by atoms with Crippen molar-refractivity contribution in [1.29, 1.82) is 0 Å². The van der Waals surface area contributed by atoms with Crippen LogP contribution in [0.5, 0.6) is 17.2 Å². The number of nitrogen functional groups attached to an aromatic ring is 2. The van der Waals surface area contributed by atoms with Crippen LogP contribution in [-0.4, -0.2) is 21.9 Å². The van der Waals surface area contributed by atoms with Crippen LogP contribution in [0.3, 0.4) is 0 Å². The Morgan fingerprint density at radius 1 is 0.971 bits per heavy atom. The maximum Gasteiger partial charge on any atom is 0.217 e. The molecule has 0 aliphatic carbocycles. The number of benzene rings is 3. The summed E-state index contributed by atoms with van der Waals surface area (Å²) in [6, 6.07) is 14.8. The highest BCUT2D eigenvalue weighted by Crippen LogP contribution is 2.38. The number of anilines is 2. The van der Waals surface area contributed by atoms with Crippen LogP contribution in [0.1, 0.15) is 33.7 Å². The van der Waals surface area contributed by atoms with Crippen molar-refractivity contribution in [3.63, 3.8) is 0 Å². The Morgan fingerprint density at radius 2 is 1.65 bits per heavy atom. The van der Waals surface area contributed by atoms with Gasteiger partial charge in [-0.25, -0.2) is 0 Å². The van der Waals surface area contributed by atoms with Gasteiger partial charge in [0.2, 0.25) is 5.91 Å². The smallest absolute Gasteiger partial charge is 0.217 e. The maximum atomic E-state index is 13.4. The number of primary amides is 1. The number of ether oxygens (including phenoxy) is 1. The first-order valence-electron chi connectivity index (χ1n) is 10.4.